The molecule has 0 radical (unpaired) electrons. The number of halogens is 1. The Labute approximate surface area is 173 Å². The van der Waals surface area contributed by atoms with Crippen LogP contribution in [0.5, 0.6) is 5.75 Å². The summed E-state index contributed by atoms with van der Waals surface area (Å²) in [6.07, 6.45) is 0.450. The largest absolute Gasteiger partial charge is 0.486 e. The van der Waals surface area contributed by atoms with Crippen LogP contribution < -0.4 is 10.1 Å². The SMILES string of the molecule is O=C(Cn1c(COc2ccc(Cl)cc2)nc2ccccc21)NC1CCS(=O)(=O)C1. The maximum atomic E-state index is 12.6. The second kappa shape index (κ2) is 8.04. The van der Waals surface area contributed by atoms with Crippen molar-refractivity contribution in [3.8, 4) is 5.75 Å². The molecule has 29 heavy (non-hydrogen) atoms. The Kier molecular flexibility index (Phi) is 5.47. The van der Waals surface area contributed by atoms with E-state index in [9.17, 15) is 13.2 Å². The Morgan fingerprint density at radius 1 is 1.21 bits per heavy atom. The average Bonchev–Trinajstić information content (AvgIpc) is 3.20. The number of benzene rings is 2. The van der Waals surface area contributed by atoms with Crippen LogP contribution in [0.4, 0.5) is 0 Å². The van der Waals surface area contributed by atoms with Crippen molar-refractivity contribution in [2.75, 3.05) is 11.5 Å². The maximum absolute atomic E-state index is 12.6. The zero-order valence-corrected chi connectivity index (χ0v) is 17.1. The van der Waals surface area contributed by atoms with Gasteiger partial charge in [-0.05, 0) is 42.8 Å². The topological polar surface area (TPSA) is 90.3 Å². The number of fused-ring (bicyclic) bond motifs is 1. The number of nitrogens with one attached hydrogen (secondary N) is 1. The molecule has 1 aliphatic rings. The van der Waals surface area contributed by atoms with Crippen LogP contribution in [0.2, 0.25) is 5.02 Å². The van der Waals surface area contributed by atoms with E-state index in [0.717, 1.165) is 11.0 Å². The van der Waals surface area contributed by atoms with Crippen molar-refractivity contribution in [1.82, 2.24) is 14.9 Å². The molecule has 1 atom stereocenters. The van der Waals surface area contributed by atoms with Crippen molar-refractivity contribution in [2.24, 2.45) is 0 Å². The van der Waals surface area contributed by atoms with E-state index in [1.165, 1.54) is 0 Å². The molecular formula is C20H20ClN3O4S. The fraction of sp³-hybridized carbons (Fsp3) is 0.300. The summed E-state index contributed by atoms with van der Waals surface area (Å²) in [6, 6.07) is 14.2. The highest BCUT2D eigenvalue weighted by atomic mass is 35.5. The van der Waals surface area contributed by atoms with Crippen molar-refractivity contribution >= 4 is 38.4 Å². The number of rotatable bonds is 6. The fourth-order valence-electron chi connectivity index (χ4n) is 3.42. The first-order chi connectivity index (χ1) is 13.9. The minimum absolute atomic E-state index is 0.00402. The van der Waals surface area contributed by atoms with E-state index in [2.05, 4.69) is 10.3 Å². The van der Waals surface area contributed by atoms with Gasteiger partial charge in [-0.25, -0.2) is 13.4 Å². The van der Waals surface area contributed by atoms with E-state index in [1.807, 2.05) is 24.3 Å². The number of aromatic nitrogens is 2. The molecule has 0 saturated carbocycles. The molecule has 3 aromatic rings. The molecule has 1 unspecified atom stereocenters. The molecule has 0 bridgehead atoms. The van der Waals surface area contributed by atoms with Gasteiger partial charge < -0.3 is 14.6 Å². The highest BCUT2D eigenvalue weighted by Gasteiger charge is 2.29. The Morgan fingerprint density at radius 3 is 2.69 bits per heavy atom. The van der Waals surface area contributed by atoms with E-state index < -0.39 is 9.84 Å². The predicted molar refractivity (Wildman–Crippen MR) is 111 cm³/mol. The summed E-state index contributed by atoms with van der Waals surface area (Å²) in [5.74, 6) is 1.12. The second-order valence-corrected chi connectivity index (χ2v) is 9.68. The Bertz CT molecular complexity index is 1140. The maximum Gasteiger partial charge on any atom is 0.240 e. The van der Waals surface area contributed by atoms with E-state index in [1.54, 1.807) is 28.8 Å². The minimum atomic E-state index is -3.05. The van der Waals surface area contributed by atoms with E-state index in [0.29, 0.717) is 23.0 Å². The lowest BCUT2D eigenvalue weighted by atomic mass is 10.2. The highest BCUT2D eigenvalue weighted by Crippen LogP contribution is 2.20. The number of hydrogen-bond acceptors (Lipinski definition) is 5. The third kappa shape index (κ3) is 4.71. The molecule has 9 heteroatoms. The lowest BCUT2D eigenvalue weighted by molar-refractivity contribution is -0.122. The van der Waals surface area contributed by atoms with Gasteiger partial charge in [0.25, 0.3) is 0 Å². The number of nitrogens with zero attached hydrogens (tertiary/aromatic N) is 2. The summed E-state index contributed by atoms with van der Waals surface area (Å²) in [6.45, 7) is 0.220. The minimum Gasteiger partial charge on any atom is -0.486 e. The van der Waals surface area contributed by atoms with Crippen molar-refractivity contribution < 1.29 is 17.9 Å². The fourth-order valence-corrected chi connectivity index (χ4v) is 5.22. The zero-order valence-electron chi connectivity index (χ0n) is 15.5. The summed E-state index contributed by atoms with van der Waals surface area (Å²) in [5.41, 5.74) is 1.58. The van der Waals surface area contributed by atoms with Gasteiger partial charge in [0.1, 0.15) is 24.7 Å². The van der Waals surface area contributed by atoms with Gasteiger partial charge >= 0.3 is 0 Å². The summed E-state index contributed by atoms with van der Waals surface area (Å²) >= 11 is 5.90. The normalized spacial score (nSPS) is 18.0. The first-order valence-electron chi connectivity index (χ1n) is 9.22. The highest BCUT2D eigenvalue weighted by molar-refractivity contribution is 7.91. The number of hydrogen-bond donors (Lipinski definition) is 1. The molecule has 1 saturated heterocycles. The molecule has 1 aromatic heterocycles. The standard InChI is InChI=1S/C20H20ClN3O4S/c21-14-5-7-16(8-6-14)28-12-19-23-17-3-1-2-4-18(17)24(19)11-20(25)22-15-9-10-29(26,27)13-15/h1-8,15H,9-13H2,(H,22,25). The molecule has 7 nitrogen and oxygen atoms in total. The van der Waals surface area contributed by atoms with Gasteiger partial charge in [0.05, 0.1) is 22.5 Å². The van der Waals surface area contributed by atoms with Crippen LogP contribution in [0.3, 0.4) is 0 Å². The summed E-state index contributed by atoms with van der Waals surface area (Å²) in [5, 5.41) is 3.44. The quantitative estimate of drug-likeness (QED) is 0.645. The summed E-state index contributed by atoms with van der Waals surface area (Å²) in [7, 11) is -3.05. The van der Waals surface area contributed by atoms with Gasteiger partial charge in [-0.2, -0.15) is 0 Å². The van der Waals surface area contributed by atoms with Gasteiger partial charge in [-0.15, -0.1) is 0 Å². The predicted octanol–water partition coefficient (Wildman–Crippen LogP) is 2.57. The van der Waals surface area contributed by atoms with Crippen LogP contribution in [0, 0.1) is 0 Å². The van der Waals surface area contributed by atoms with Gasteiger partial charge in [-0.1, -0.05) is 23.7 Å². The molecule has 152 valence electrons. The summed E-state index contributed by atoms with van der Waals surface area (Å²) in [4.78, 5) is 17.2. The van der Waals surface area contributed by atoms with Crippen LogP contribution >= 0.6 is 11.6 Å². The molecule has 0 aliphatic carbocycles. The number of carbonyl (C=O) groups excluding carboxylic acids is 1. The molecule has 2 heterocycles. The number of para-hydroxylation sites is 2. The van der Waals surface area contributed by atoms with Crippen LogP contribution in [0.25, 0.3) is 11.0 Å². The molecule has 1 amide bonds. The molecule has 4 rings (SSSR count). The van der Waals surface area contributed by atoms with Crippen LogP contribution in [-0.2, 0) is 27.8 Å². The number of sulfone groups is 1. The van der Waals surface area contributed by atoms with Gasteiger partial charge in [0.2, 0.25) is 5.91 Å². The number of imidazole rings is 1. The van der Waals surface area contributed by atoms with E-state index in [4.69, 9.17) is 16.3 Å². The average molecular weight is 434 g/mol. The number of carbonyl (C=O) groups is 1. The van der Waals surface area contributed by atoms with Crippen molar-refractivity contribution in [2.45, 2.75) is 25.6 Å². The van der Waals surface area contributed by atoms with Crippen LogP contribution in [0.15, 0.2) is 48.5 Å². The van der Waals surface area contributed by atoms with Crippen molar-refractivity contribution in [1.29, 1.82) is 0 Å². The zero-order chi connectivity index (χ0) is 20.4. The smallest absolute Gasteiger partial charge is 0.240 e. The molecule has 2 aromatic carbocycles. The van der Waals surface area contributed by atoms with Crippen LogP contribution in [0.1, 0.15) is 12.2 Å². The van der Waals surface area contributed by atoms with Gasteiger partial charge in [0, 0.05) is 11.1 Å². The Morgan fingerprint density at radius 2 is 1.97 bits per heavy atom. The lowest BCUT2D eigenvalue weighted by Crippen LogP contribution is -2.38. The first-order valence-corrected chi connectivity index (χ1v) is 11.4. The Hall–Kier alpha value is -2.58. The van der Waals surface area contributed by atoms with E-state index >= 15 is 0 Å². The van der Waals surface area contributed by atoms with Crippen molar-refractivity contribution in [3.05, 3.63) is 59.4 Å². The number of ether oxygens (including phenoxy) is 1. The molecule has 1 N–H and O–H groups in total. The van der Waals surface area contributed by atoms with Crippen molar-refractivity contribution in [3.63, 3.8) is 0 Å². The number of amides is 1. The summed E-state index contributed by atoms with van der Waals surface area (Å²) < 4.78 is 30.8. The third-order valence-electron chi connectivity index (χ3n) is 4.81. The lowest BCUT2D eigenvalue weighted by Gasteiger charge is -2.14. The third-order valence-corrected chi connectivity index (χ3v) is 6.83. The molecule has 0 spiro atoms. The molecular weight excluding hydrogens is 414 g/mol. The first kappa shape index (κ1) is 19.7. The van der Waals surface area contributed by atoms with Gasteiger partial charge in [-0.3, -0.25) is 4.79 Å². The van der Waals surface area contributed by atoms with Gasteiger partial charge in [0.15, 0.2) is 9.84 Å². The molecule has 1 fully saturated rings. The van der Waals surface area contributed by atoms with E-state index in [-0.39, 0.29) is 36.6 Å². The Balaban J connectivity index is 1.51. The monoisotopic (exact) mass is 433 g/mol. The second-order valence-electron chi connectivity index (χ2n) is 7.01. The van der Waals surface area contributed by atoms with Crippen LogP contribution in [-0.4, -0.2) is 41.4 Å². The molecule has 1 aliphatic heterocycles.